The van der Waals surface area contributed by atoms with Crippen LogP contribution in [0.2, 0.25) is 0 Å². The minimum Gasteiger partial charge on any atom is -0.378 e. The van der Waals surface area contributed by atoms with Crippen LogP contribution in [0.4, 0.5) is 8.78 Å². The van der Waals surface area contributed by atoms with Crippen LogP contribution in [-0.2, 0) is 9.47 Å². The van der Waals surface area contributed by atoms with E-state index >= 15 is 0 Å². The van der Waals surface area contributed by atoms with E-state index in [9.17, 15) is 8.78 Å². The maximum absolute atomic E-state index is 11.7. The molecule has 0 aromatic rings. The fourth-order valence-corrected chi connectivity index (χ4v) is 1.05. The van der Waals surface area contributed by atoms with Crippen LogP contribution in [0.1, 0.15) is 0 Å². The zero-order chi connectivity index (χ0) is 9.68. The Balaban J connectivity index is 2.35. The van der Waals surface area contributed by atoms with Crippen LogP contribution < -0.4 is 0 Å². The number of ether oxygens (including phenoxy) is 2. The van der Waals surface area contributed by atoms with Crippen LogP contribution in [0.25, 0.3) is 10.4 Å². The Hall–Kier alpha value is -0.910. The van der Waals surface area contributed by atoms with E-state index in [-0.39, 0.29) is 13.2 Å². The Kier molecular flexibility index (Phi) is 3.88. The third kappa shape index (κ3) is 3.14. The summed E-state index contributed by atoms with van der Waals surface area (Å²) in [5.41, 5.74) is 8.12. The van der Waals surface area contributed by atoms with E-state index in [1.165, 1.54) is 0 Å². The topological polar surface area (TPSA) is 67.2 Å². The van der Waals surface area contributed by atoms with E-state index in [1.54, 1.807) is 0 Å². The number of hydrogen-bond donors (Lipinski definition) is 0. The molecule has 13 heavy (non-hydrogen) atoms. The molecule has 1 saturated heterocycles. The highest BCUT2D eigenvalue weighted by Gasteiger charge is 2.28. The lowest BCUT2D eigenvalue weighted by molar-refractivity contribution is -0.0294. The van der Waals surface area contributed by atoms with Gasteiger partial charge in [-0.1, -0.05) is 5.11 Å². The average molecular weight is 193 g/mol. The number of azide groups is 1. The second-order valence-electron chi connectivity index (χ2n) is 2.57. The van der Waals surface area contributed by atoms with Crippen LogP contribution in [0.15, 0.2) is 5.11 Å². The van der Waals surface area contributed by atoms with Gasteiger partial charge in [0.1, 0.15) is 6.61 Å². The largest absolute Gasteiger partial charge is 0.378 e. The Labute approximate surface area is 73.3 Å². The Bertz CT molecular complexity index is 208. The van der Waals surface area contributed by atoms with Crippen molar-refractivity contribution < 1.29 is 18.3 Å². The first-order chi connectivity index (χ1) is 6.24. The summed E-state index contributed by atoms with van der Waals surface area (Å²) in [4.78, 5) is 2.57. The van der Waals surface area contributed by atoms with E-state index in [0.29, 0.717) is 0 Å². The summed E-state index contributed by atoms with van der Waals surface area (Å²) in [7, 11) is 0. The molecule has 0 spiro atoms. The van der Waals surface area contributed by atoms with Gasteiger partial charge < -0.3 is 9.47 Å². The van der Waals surface area contributed by atoms with Gasteiger partial charge in [0.15, 0.2) is 0 Å². The van der Waals surface area contributed by atoms with Gasteiger partial charge in [0.2, 0.25) is 0 Å². The van der Waals surface area contributed by atoms with Crippen molar-refractivity contribution in [2.75, 3.05) is 19.8 Å². The van der Waals surface area contributed by atoms with Gasteiger partial charge in [-0.05, 0) is 5.53 Å². The molecule has 1 fully saturated rings. The smallest absolute Gasteiger partial charge is 0.261 e. The lowest BCUT2D eigenvalue weighted by atomic mass is 10.2. The molecule has 0 radical (unpaired) electrons. The molecule has 0 aromatic carbocycles. The molecule has 74 valence electrons. The highest BCUT2D eigenvalue weighted by atomic mass is 19.3. The van der Waals surface area contributed by atoms with Crippen LogP contribution in [0.5, 0.6) is 0 Å². The normalized spacial score (nSPS) is 27.6. The SMILES string of the molecule is [N-]=[N+]=NC1COC[C@@H]1OCC(F)F. The minimum atomic E-state index is -2.51. The van der Waals surface area contributed by atoms with Gasteiger partial charge in [0, 0.05) is 4.91 Å². The summed E-state index contributed by atoms with van der Waals surface area (Å²) < 4.78 is 33.2. The molecule has 0 N–H and O–H groups in total. The minimum absolute atomic E-state index is 0.205. The standard InChI is InChI=1S/C6H9F2N3O2/c7-6(8)3-13-5-2-12-1-4(5)10-11-9/h4-6H,1-3H2/t4?,5-/m0/s1. The van der Waals surface area contributed by atoms with Crippen LogP contribution in [0.3, 0.4) is 0 Å². The van der Waals surface area contributed by atoms with Gasteiger partial charge in [-0.2, -0.15) is 0 Å². The third-order valence-corrected chi connectivity index (χ3v) is 1.64. The maximum Gasteiger partial charge on any atom is 0.261 e. The first kappa shape index (κ1) is 10.2. The van der Waals surface area contributed by atoms with Crippen LogP contribution in [-0.4, -0.2) is 38.4 Å². The zero-order valence-electron chi connectivity index (χ0n) is 6.77. The van der Waals surface area contributed by atoms with Gasteiger partial charge in [-0.25, -0.2) is 8.78 Å². The van der Waals surface area contributed by atoms with Crippen molar-refractivity contribution in [3.63, 3.8) is 0 Å². The van der Waals surface area contributed by atoms with Gasteiger partial charge in [-0.3, -0.25) is 0 Å². The number of hydrogen-bond acceptors (Lipinski definition) is 3. The Morgan fingerprint density at radius 1 is 1.62 bits per heavy atom. The van der Waals surface area contributed by atoms with Crippen LogP contribution in [0, 0.1) is 0 Å². The summed E-state index contributed by atoms with van der Waals surface area (Å²) in [5, 5.41) is 3.37. The van der Waals surface area contributed by atoms with Crippen molar-refractivity contribution in [2.45, 2.75) is 18.6 Å². The molecule has 1 unspecified atom stereocenters. The molecule has 0 saturated carbocycles. The van der Waals surface area contributed by atoms with E-state index in [4.69, 9.17) is 15.0 Å². The van der Waals surface area contributed by atoms with E-state index in [0.717, 1.165) is 0 Å². The van der Waals surface area contributed by atoms with E-state index in [2.05, 4.69) is 10.0 Å². The summed E-state index contributed by atoms with van der Waals surface area (Å²) in [6.07, 6.45) is -3.04. The second-order valence-corrected chi connectivity index (χ2v) is 2.57. The molecule has 5 nitrogen and oxygen atoms in total. The molecule has 0 aliphatic carbocycles. The fourth-order valence-electron chi connectivity index (χ4n) is 1.05. The Morgan fingerprint density at radius 3 is 3.00 bits per heavy atom. The van der Waals surface area contributed by atoms with Crippen molar-refractivity contribution in [1.29, 1.82) is 0 Å². The van der Waals surface area contributed by atoms with Crippen molar-refractivity contribution in [1.82, 2.24) is 0 Å². The van der Waals surface area contributed by atoms with Gasteiger partial charge in [0.05, 0.1) is 25.4 Å². The van der Waals surface area contributed by atoms with E-state index < -0.39 is 25.2 Å². The monoisotopic (exact) mass is 193 g/mol. The highest BCUT2D eigenvalue weighted by molar-refractivity contribution is 4.82. The molecular formula is C6H9F2N3O2. The lowest BCUT2D eigenvalue weighted by Gasteiger charge is -2.13. The van der Waals surface area contributed by atoms with Crippen molar-refractivity contribution >= 4 is 0 Å². The third-order valence-electron chi connectivity index (χ3n) is 1.64. The van der Waals surface area contributed by atoms with E-state index in [1.807, 2.05) is 0 Å². The molecular weight excluding hydrogens is 184 g/mol. The molecule has 0 aromatic heterocycles. The van der Waals surface area contributed by atoms with Crippen molar-refractivity contribution in [3.05, 3.63) is 10.4 Å². The van der Waals surface area contributed by atoms with Gasteiger partial charge >= 0.3 is 0 Å². The average Bonchev–Trinajstić information content (AvgIpc) is 2.49. The van der Waals surface area contributed by atoms with Crippen LogP contribution >= 0.6 is 0 Å². The van der Waals surface area contributed by atoms with Crippen molar-refractivity contribution in [3.8, 4) is 0 Å². The summed E-state index contributed by atoms with van der Waals surface area (Å²) >= 11 is 0. The number of rotatable bonds is 4. The first-order valence-electron chi connectivity index (χ1n) is 3.75. The fraction of sp³-hybridized carbons (Fsp3) is 1.00. The lowest BCUT2D eigenvalue weighted by Crippen LogP contribution is -2.27. The predicted molar refractivity (Wildman–Crippen MR) is 39.5 cm³/mol. The Morgan fingerprint density at radius 2 is 2.38 bits per heavy atom. The summed E-state index contributed by atoms with van der Waals surface area (Å²) in [6, 6.07) is -0.483. The zero-order valence-corrected chi connectivity index (χ0v) is 6.77. The quantitative estimate of drug-likeness (QED) is 0.384. The number of halogens is 2. The molecule has 7 heteroatoms. The molecule has 1 aliphatic heterocycles. The summed E-state index contributed by atoms with van der Waals surface area (Å²) in [6.45, 7) is -0.208. The molecule has 1 aliphatic rings. The summed E-state index contributed by atoms with van der Waals surface area (Å²) in [5.74, 6) is 0. The number of nitrogens with zero attached hydrogens (tertiary/aromatic N) is 3. The number of alkyl halides is 2. The van der Waals surface area contributed by atoms with Crippen molar-refractivity contribution in [2.24, 2.45) is 5.11 Å². The molecule has 2 atom stereocenters. The maximum atomic E-state index is 11.7. The first-order valence-corrected chi connectivity index (χ1v) is 3.75. The van der Waals surface area contributed by atoms with Gasteiger partial charge in [-0.15, -0.1) is 0 Å². The molecule has 0 bridgehead atoms. The predicted octanol–water partition coefficient (Wildman–Crippen LogP) is 1.35. The highest BCUT2D eigenvalue weighted by Crippen LogP contribution is 2.14. The molecule has 0 amide bonds. The molecule has 1 rings (SSSR count). The van der Waals surface area contributed by atoms with Gasteiger partial charge in [0.25, 0.3) is 6.43 Å². The molecule has 1 heterocycles. The second kappa shape index (κ2) is 4.96.